The number of unbranched alkanes of at least 4 members (excludes halogenated alkanes) is 5. The van der Waals surface area contributed by atoms with Crippen LogP contribution in [-0.2, 0) is 9.36 Å². The van der Waals surface area contributed by atoms with Crippen molar-refractivity contribution >= 4 is 24.0 Å². The molecule has 2 nitrogen and oxygen atoms in total. The number of carbonyl (C=O) groups is 1. The summed E-state index contributed by atoms with van der Waals surface area (Å²) in [5.41, 5.74) is 0. The molecule has 0 heterocycles. The molecule has 0 amide bonds. The molecule has 98 valence electrons. The van der Waals surface area contributed by atoms with Gasteiger partial charge in [0, 0.05) is 6.42 Å². The fourth-order valence-electron chi connectivity index (χ4n) is 1.04. The Labute approximate surface area is 106 Å². The molecular weight excluding hydrogens is 243 g/mol. The van der Waals surface area contributed by atoms with Crippen molar-refractivity contribution in [2.24, 2.45) is 0 Å². The van der Waals surface area contributed by atoms with Gasteiger partial charge in [0.25, 0.3) is 0 Å². The monoisotopic (exact) mass is 268 g/mol. The Morgan fingerprint density at radius 3 is 1.75 bits per heavy atom. The Morgan fingerprint density at radius 1 is 1.00 bits per heavy atom. The molecule has 0 spiro atoms. The number of hydrogen-bond donors (Lipinski definition) is 0. The van der Waals surface area contributed by atoms with Gasteiger partial charge in [-0.3, -0.25) is 4.79 Å². The van der Waals surface area contributed by atoms with Crippen molar-refractivity contribution in [2.45, 2.75) is 51.9 Å². The Kier molecular flexibility index (Phi) is 13.5. The molecule has 0 rings (SSSR count). The van der Waals surface area contributed by atoms with E-state index in [1.807, 2.05) is 0 Å². The zero-order chi connectivity index (χ0) is 13.0. The highest BCUT2D eigenvalue weighted by molar-refractivity contribution is 7.61. The van der Waals surface area contributed by atoms with Crippen molar-refractivity contribution in [2.75, 3.05) is 20.0 Å². The van der Waals surface area contributed by atoms with Crippen molar-refractivity contribution in [1.82, 2.24) is 0 Å². The fraction of sp³-hybridized carbons (Fsp3) is 0.917. The van der Waals surface area contributed by atoms with Gasteiger partial charge in [-0.15, -0.1) is 0 Å². The summed E-state index contributed by atoms with van der Waals surface area (Å²) in [4.78, 5) is 10.3. The first-order valence-corrected chi connectivity index (χ1v) is 9.40. The molecule has 0 radical (unpaired) electrons. The maximum absolute atomic E-state index is 10.3. The van der Waals surface area contributed by atoms with Crippen LogP contribution in [0.4, 0.5) is 0 Å². The highest BCUT2D eigenvalue weighted by Gasteiger charge is 1.94. The summed E-state index contributed by atoms with van der Waals surface area (Å²) in [6.45, 7) is 7.43. The highest BCUT2D eigenvalue weighted by Crippen LogP contribution is 2.28. The van der Waals surface area contributed by atoms with E-state index in [4.69, 9.17) is 11.6 Å². The van der Waals surface area contributed by atoms with Gasteiger partial charge in [0.05, 0.1) is 7.14 Å². The van der Waals surface area contributed by atoms with E-state index in [0.717, 1.165) is 12.8 Å². The van der Waals surface area contributed by atoms with Crippen LogP contribution in [0.5, 0.6) is 0 Å². The van der Waals surface area contributed by atoms with E-state index in [-0.39, 0.29) is 5.24 Å². The van der Waals surface area contributed by atoms with Crippen molar-refractivity contribution < 1.29 is 9.36 Å². The van der Waals surface area contributed by atoms with Crippen LogP contribution in [0, 0.1) is 0 Å². The topological polar surface area (TPSA) is 34.1 Å². The zero-order valence-electron chi connectivity index (χ0n) is 11.1. The molecule has 0 N–H and O–H groups in total. The largest absolute Gasteiger partial charge is 0.324 e. The van der Waals surface area contributed by atoms with Gasteiger partial charge in [0.1, 0.15) is 0 Å². The number of rotatable bonds is 7. The summed E-state index contributed by atoms with van der Waals surface area (Å²) in [6, 6.07) is 0. The van der Waals surface area contributed by atoms with Crippen LogP contribution in [0.1, 0.15) is 51.9 Å². The average Bonchev–Trinajstić information content (AvgIpc) is 2.08. The van der Waals surface area contributed by atoms with Gasteiger partial charge in [0.2, 0.25) is 5.24 Å². The van der Waals surface area contributed by atoms with E-state index >= 15 is 0 Å². The van der Waals surface area contributed by atoms with Crippen LogP contribution >= 0.6 is 18.7 Å². The molecule has 0 aliphatic rings. The number of carbonyl (C=O) groups excluding carboxylic acids is 1. The van der Waals surface area contributed by atoms with Gasteiger partial charge in [-0.1, -0.05) is 39.0 Å². The van der Waals surface area contributed by atoms with E-state index in [1.54, 1.807) is 20.0 Å². The molecule has 0 saturated heterocycles. The van der Waals surface area contributed by atoms with Gasteiger partial charge in [0.15, 0.2) is 0 Å². The van der Waals surface area contributed by atoms with Crippen molar-refractivity contribution in [3.05, 3.63) is 0 Å². The molecular formula is C12H26ClO2P. The lowest BCUT2D eigenvalue weighted by Gasteiger charge is -1.96. The third kappa shape index (κ3) is 36.8. The third-order valence-electron chi connectivity index (χ3n) is 1.73. The normalized spacial score (nSPS) is 10.6. The summed E-state index contributed by atoms with van der Waals surface area (Å²) in [5.74, 6) is 0. The lowest BCUT2D eigenvalue weighted by atomic mass is 10.1. The Balaban J connectivity index is 0. The van der Waals surface area contributed by atoms with Crippen LogP contribution in [-0.4, -0.2) is 25.2 Å². The first-order valence-electron chi connectivity index (χ1n) is 5.98. The van der Waals surface area contributed by atoms with Crippen molar-refractivity contribution in [3.8, 4) is 0 Å². The minimum atomic E-state index is -1.64. The molecule has 0 fully saturated rings. The quantitative estimate of drug-likeness (QED) is 0.380. The summed E-state index contributed by atoms with van der Waals surface area (Å²) in [6.07, 6.45) is 7.80. The summed E-state index contributed by atoms with van der Waals surface area (Å²) < 4.78 is 10.2. The van der Waals surface area contributed by atoms with Crippen molar-refractivity contribution in [1.29, 1.82) is 0 Å². The molecule has 0 aromatic heterocycles. The van der Waals surface area contributed by atoms with Gasteiger partial charge in [-0.2, -0.15) is 0 Å². The zero-order valence-corrected chi connectivity index (χ0v) is 12.7. The predicted molar refractivity (Wildman–Crippen MR) is 74.2 cm³/mol. The first-order chi connectivity index (χ1) is 7.27. The van der Waals surface area contributed by atoms with E-state index in [0.29, 0.717) is 6.42 Å². The highest BCUT2D eigenvalue weighted by atomic mass is 35.5. The molecule has 4 heteroatoms. The van der Waals surface area contributed by atoms with Gasteiger partial charge >= 0.3 is 0 Å². The second-order valence-electron chi connectivity index (χ2n) is 4.76. The summed E-state index contributed by atoms with van der Waals surface area (Å²) >= 11 is 5.18. The minimum Gasteiger partial charge on any atom is -0.324 e. The van der Waals surface area contributed by atoms with E-state index in [1.165, 1.54) is 25.7 Å². The summed E-state index contributed by atoms with van der Waals surface area (Å²) in [5, 5.41) is -0.194. The first kappa shape index (κ1) is 18.6. The number of hydrogen-bond acceptors (Lipinski definition) is 2. The van der Waals surface area contributed by atoms with E-state index in [9.17, 15) is 9.36 Å². The van der Waals surface area contributed by atoms with Crippen LogP contribution in [0.15, 0.2) is 0 Å². The molecule has 0 aliphatic carbocycles. The SMILES string of the molecule is CCCCCCCCC(=O)Cl.CP(C)(C)=O. The number of halogens is 1. The van der Waals surface area contributed by atoms with Crippen molar-refractivity contribution in [3.63, 3.8) is 0 Å². The molecule has 0 bridgehead atoms. The molecule has 0 unspecified atom stereocenters. The Morgan fingerprint density at radius 2 is 1.38 bits per heavy atom. The maximum Gasteiger partial charge on any atom is 0.221 e. The molecule has 0 atom stereocenters. The second kappa shape index (κ2) is 11.7. The second-order valence-corrected chi connectivity index (χ2v) is 8.96. The molecule has 0 aliphatic heterocycles. The van der Waals surface area contributed by atoms with E-state index < -0.39 is 7.14 Å². The minimum absolute atomic E-state index is 0.194. The standard InChI is InChI=1S/C9H17ClO.C3H9OP/c1-2-3-4-5-6-7-8-9(10)11;1-5(2,3)4/h2-8H2,1H3;1-3H3. The van der Waals surface area contributed by atoms with Crippen LogP contribution in [0.3, 0.4) is 0 Å². The third-order valence-corrected chi connectivity index (χ3v) is 1.92. The molecule has 0 aromatic carbocycles. The van der Waals surface area contributed by atoms with Crippen LogP contribution in [0.2, 0.25) is 0 Å². The van der Waals surface area contributed by atoms with Gasteiger partial charge in [-0.25, -0.2) is 0 Å². The van der Waals surface area contributed by atoms with E-state index in [2.05, 4.69) is 6.92 Å². The maximum atomic E-state index is 10.3. The average molecular weight is 269 g/mol. The lowest BCUT2D eigenvalue weighted by molar-refractivity contribution is -0.111. The van der Waals surface area contributed by atoms with Crippen LogP contribution in [0.25, 0.3) is 0 Å². The predicted octanol–water partition coefficient (Wildman–Crippen LogP) is 4.74. The van der Waals surface area contributed by atoms with Gasteiger partial charge in [-0.05, 0) is 38.0 Å². The fourth-order valence-corrected chi connectivity index (χ4v) is 1.18. The Bertz CT molecular complexity index is 203. The molecule has 16 heavy (non-hydrogen) atoms. The summed E-state index contributed by atoms with van der Waals surface area (Å²) in [7, 11) is -1.64. The smallest absolute Gasteiger partial charge is 0.221 e. The molecule has 0 aromatic rings. The van der Waals surface area contributed by atoms with Crippen LogP contribution < -0.4 is 0 Å². The Hall–Kier alpha value is 0.190. The lowest BCUT2D eigenvalue weighted by Crippen LogP contribution is -1.85. The molecule has 0 saturated carbocycles. The van der Waals surface area contributed by atoms with Gasteiger partial charge < -0.3 is 4.57 Å².